The maximum absolute atomic E-state index is 13.2. The van der Waals surface area contributed by atoms with Crippen molar-refractivity contribution >= 4 is 76.9 Å². The van der Waals surface area contributed by atoms with Crippen LogP contribution in [0.15, 0.2) is 53.2 Å². The van der Waals surface area contributed by atoms with Crippen LogP contribution in [0.3, 0.4) is 0 Å². The quantitative estimate of drug-likeness (QED) is 0.378. The average molecular weight is 711 g/mol. The van der Waals surface area contributed by atoms with E-state index >= 15 is 0 Å². The highest BCUT2D eigenvalue weighted by atomic mass is 79.9. The topological polar surface area (TPSA) is 141 Å². The van der Waals surface area contributed by atoms with Crippen LogP contribution in [0.1, 0.15) is 12.8 Å². The SMILES string of the molecule is COC(=O)C1=NOC2(C=C(OC3C(Br)=C(OC)C(Br)=CC34CC(C(=O)OC)=NO4)C(OC)=C(Br)C2=O)C1. The van der Waals surface area contributed by atoms with Gasteiger partial charge in [-0.1, -0.05) is 10.3 Å². The minimum atomic E-state index is -1.69. The van der Waals surface area contributed by atoms with E-state index < -0.39 is 35.0 Å². The van der Waals surface area contributed by atoms with Gasteiger partial charge in [0.05, 0.1) is 50.2 Å². The zero-order valence-electron chi connectivity index (χ0n) is 19.8. The second-order valence-corrected chi connectivity index (χ2v) is 10.5. The van der Waals surface area contributed by atoms with E-state index in [9.17, 15) is 14.4 Å². The van der Waals surface area contributed by atoms with Gasteiger partial charge in [-0.3, -0.25) is 4.79 Å². The molecule has 0 N–H and O–H groups in total. The van der Waals surface area contributed by atoms with Gasteiger partial charge in [-0.05, 0) is 53.9 Å². The van der Waals surface area contributed by atoms with Crippen LogP contribution in [0.5, 0.6) is 0 Å². The molecule has 0 bridgehead atoms. The number of rotatable bonds is 6. The Kier molecular flexibility index (Phi) is 7.59. The number of esters is 2. The third-order valence-corrected chi connectivity index (χ3v) is 7.95. The van der Waals surface area contributed by atoms with Crippen molar-refractivity contribution in [1.29, 1.82) is 0 Å². The van der Waals surface area contributed by atoms with E-state index in [1.165, 1.54) is 34.5 Å². The second kappa shape index (κ2) is 10.3. The summed E-state index contributed by atoms with van der Waals surface area (Å²) in [7, 11) is 5.25. The molecular weight excluding hydrogens is 692 g/mol. The van der Waals surface area contributed by atoms with Gasteiger partial charge < -0.3 is 33.4 Å². The van der Waals surface area contributed by atoms with Crippen LogP contribution in [-0.2, 0) is 47.7 Å². The van der Waals surface area contributed by atoms with E-state index in [0.717, 1.165) is 0 Å². The lowest BCUT2D eigenvalue weighted by molar-refractivity contribution is -0.133. The number of methoxy groups -OCH3 is 4. The summed E-state index contributed by atoms with van der Waals surface area (Å²) in [6, 6.07) is 0. The molecule has 3 atom stereocenters. The van der Waals surface area contributed by atoms with E-state index in [1.54, 1.807) is 6.08 Å². The highest BCUT2D eigenvalue weighted by Crippen LogP contribution is 2.48. The summed E-state index contributed by atoms with van der Waals surface area (Å²) in [5, 5.41) is 7.66. The second-order valence-electron chi connectivity index (χ2n) is 8.00. The number of ketones is 1. The average Bonchev–Trinajstić information content (AvgIpc) is 3.50. The smallest absolute Gasteiger partial charge is 0.356 e. The van der Waals surface area contributed by atoms with Crippen LogP contribution < -0.4 is 0 Å². The van der Waals surface area contributed by atoms with Crippen molar-refractivity contribution in [3.63, 3.8) is 0 Å². The summed E-state index contributed by atoms with van der Waals surface area (Å²) in [6.07, 6.45) is 1.80. The van der Waals surface area contributed by atoms with Gasteiger partial charge in [0, 0.05) is 6.08 Å². The molecule has 4 aliphatic rings. The van der Waals surface area contributed by atoms with Gasteiger partial charge in [-0.2, -0.15) is 0 Å². The maximum atomic E-state index is 13.2. The van der Waals surface area contributed by atoms with Gasteiger partial charge in [-0.15, -0.1) is 0 Å². The number of halogens is 3. The minimum Gasteiger partial charge on any atom is -0.495 e. The predicted molar refractivity (Wildman–Crippen MR) is 137 cm³/mol. The van der Waals surface area contributed by atoms with Gasteiger partial charge in [-0.25, -0.2) is 9.59 Å². The van der Waals surface area contributed by atoms with E-state index in [-0.39, 0.29) is 40.3 Å². The van der Waals surface area contributed by atoms with E-state index in [1.807, 2.05) is 0 Å². The molecular formula is C22H19Br3N2O10. The summed E-state index contributed by atoms with van der Waals surface area (Å²) < 4.78 is 27.8. The number of Topliss-reactive ketones (excluding diaryl/α,β-unsaturated/α-hetero) is 1. The number of carbonyl (C=O) groups excluding carboxylic acids is 3. The monoisotopic (exact) mass is 708 g/mol. The molecule has 0 saturated heterocycles. The van der Waals surface area contributed by atoms with Crippen molar-refractivity contribution in [2.45, 2.75) is 30.1 Å². The molecule has 0 radical (unpaired) electrons. The highest BCUT2D eigenvalue weighted by molar-refractivity contribution is 9.12. The lowest BCUT2D eigenvalue weighted by Crippen LogP contribution is -2.47. The van der Waals surface area contributed by atoms with Crippen LogP contribution >= 0.6 is 47.8 Å². The van der Waals surface area contributed by atoms with Crippen LogP contribution in [0.4, 0.5) is 0 Å². The van der Waals surface area contributed by atoms with Gasteiger partial charge in [0.25, 0.3) is 0 Å². The van der Waals surface area contributed by atoms with Gasteiger partial charge in [0.15, 0.2) is 29.0 Å². The van der Waals surface area contributed by atoms with Gasteiger partial charge in [0.2, 0.25) is 17.0 Å². The van der Waals surface area contributed by atoms with Crippen LogP contribution in [0.2, 0.25) is 0 Å². The molecule has 0 aromatic heterocycles. The molecule has 15 heteroatoms. The van der Waals surface area contributed by atoms with E-state index in [0.29, 0.717) is 14.7 Å². The number of oxime groups is 2. The first-order valence-electron chi connectivity index (χ1n) is 10.4. The fourth-order valence-electron chi connectivity index (χ4n) is 4.08. The third kappa shape index (κ3) is 4.50. The Morgan fingerprint density at radius 2 is 1.51 bits per heavy atom. The van der Waals surface area contributed by atoms with E-state index in [4.69, 9.17) is 33.4 Å². The standard InChI is InChI=1S/C22H19Br3N2O10/c1-31-15-9(23)5-22(7-11(27-37-22)20(30)34-4)18(14(15)25)35-12-8-21(17(28)13(24)16(12)32-2)6-10(26-36-21)19(29)33-3/h5,8,18H,6-7H2,1-4H3. The summed E-state index contributed by atoms with van der Waals surface area (Å²) in [6.45, 7) is 0. The Balaban J connectivity index is 1.76. The lowest BCUT2D eigenvalue weighted by atomic mass is 9.85. The van der Waals surface area contributed by atoms with Crippen LogP contribution in [-0.4, -0.2) is 74.9 Å². The van der Waals surface area contributed by atoms with Gasteiger partial charge >= 0.3 is 11.9 Å². The highest BCUT2D eigenvalue weighted by Gasteiger charge is 2.56. The Bertz CT molecular complexity index is 1270. The Morgan fingerprint density at radius 1 is 0.919 bits per heavy atom. The first-order chi connectivity index (χ1) is 17.6. The van der Waals surface area contributed by atoms with Crippen molar-refractivity contribution in [2.24, 2.45) is 10.3 Å². The number of nitrogens with zero attached hydrogens (tertiary/aromatic N) is 2. The predicted octanol–water partition coefficient (Wildman–Crippen LogP) is 3.01. The largest absolute Gasteiger partial charge is 0.495 e. The number of ether oxygens (including phenoxy) is 5. The molecule has 2 heterocycles. The van der Waals surface area contributed by atoms with Crippen molar-refractivity contribution in [3.05, 3.63) is 42.9 Å². The molecule has 12 nitrogen and oxygen atoms in total. The molecule has 0 aromatic rings. The zero-order valence-corrected chi connectivity index (χ0v) is 24.5. The van der Waals surface area contributed by atoms with E-state index in [2.05, 4.69) is 58.1 Å². The number of hydrogen-bond donors (Lipinski definition) is 0. The van der Waals surface area contributed by atoms with Crippen molar-refractivity contribution in [1.82, 2.24) is 0 Å². The van der Waals surface area contributed by atoms with Gasteiger partial charge in [0.1, 0.15) is 10.2 Å². The Morgan fingerprint density at radius 3 is 2.11 bits per heavy atom. The van der Waals surface area contributed by atoms with Crippen molar-refractivity contribution < 1.29 is 47.7 Å². The van der Waals surface area contributed by atoms with Crippen LogP contribution in [0.25, 0.3) is 0 Å². The molecule has 0 aromatic carbocycles. The molecule has 0 fully saturated rings. The summed E-state index contributed by atoms with van der Waals surface area (Å²) in [5.41, 5.74) is -3.06. The first-order valence-corrected chi connectivity index (χ1v) is 12.8. The van der Waals surface area contributed by atoms with Crippen molar-refractivity contribution in [3.8, 4) is 0 Å². The summed E-state index contributed by atoms with van der Waals surface area (Å²) in [5.74, 6) is -1.42. The zero-order chi connectivity index (χ0) is 27.1. The normalized spacial score (nSPS) is 28.7. The molecule has 0 amide bonds. The minimum absolute atomic E-state index is 0.00121. The molecule has 37 heavy (non-hydrogen) atoms. The molecule has 2 aliphatic heterocycles. The number of allylic oxidation sites excluding steroid dienone is 1. The first kappa shape index (κ1) is 27.4. The molecule has 2 spiro atoms. The molecule has 3 unspecified atom stereocenters. The maximum Gasteiger partial charge on any atom is 0.356 e. The third-order valence-electron chi connectivity index (χ3n) is 5.86. The Labute approximate surface area is 235 Å². The fraction of sp³-hybridized carbons (Fsp3) is 0.409. The summed E-state index contributed by atoms with van der Waals surface area (Å²) in [4.78, 5) is 48.6. The van der Waals surface area contributed by atoms with Crippen LogP contribution in [0, 0.1) is 0 Å². The summed E-state index contributed by atoms with van der Waals surface area (Å²) >= 11 is 10.2. The molecule has 4 rings (SSSR count). The lowest BCUT2D eigenvalue weighted by Gasteiger charge is -2.38. The number of hydrogen-bond acceptors (Lipinski definition) is 12. The number of carbonyl (C=O) groups is 3. The molecule has 2 aliphatic carbocycles. The fourth-order valence-corrected chi connectivity index (χ4v) is 6.66. The molecule has 198 valence electrons. The molecule has 0 saturated carbocycles. The van der Waals surface area contributed by atoms with Crippen molar-refractivity contribution in [2.75, 3.05) is 28.4 Å². The Hall–Kier alpha value is -2.65.